The van der Waals surface area contributed by atoms with Crippen LogP contribution in [0.15, 0.2) is 60.7 Å². The molecule has 0 amide bonds. The molecule has 2 fully saturated rings. The first-order valence-electron chi connectivity index (χ1n) is 15.4. The molecule has 4 aromatic rings. The summed E-state index contributed by atoms with van der Waals surface area (Å²) in [5.74, 6) is 1.88. The fraction of sp³-hybridized carbons (Fsp3) is 0.412. The molecule has 3 atom stereocenters. The van der Waals surface area contributed by atoms with Crippen molar-refractivity contribution in [3.63, 3.8) is 0 Å². The molecule has 45 heavy (non-hydrogen) atoms. The molecule has 11 nitrogen and oxygen atoms in total. The van der Waals surface area contributed by atoms with E-state index in [1.165, 1.54) is 7.11 Å². The Kier molecular flexibility index (Phi) is 9.39. The molecule has 0 bridgehead atoms. The summed E-state index contributed by atoms with van der Waals surface area (Å²) < 4.78 is 22.4. The number of hydrogen-bond donors (Lipinski definition) is 1. The number of aromatic nitrogens is 3. The lowest BCUT2D eigenvalue weighted by molar-refractivity contribution is -0.143. The van der Waals surface area contributed by atoms with Crippen LogP contribution in [0.3, 0.4) is 0 Å². The number of pyridine rings is 1. The third kappa shape index (κ3) is 6.85. The topological polar surface area (TPSA) is 111 Å². The van der Waals surface area contributed by atoms with Gasteiger partial charge in [0.15, 0.2) is 5.65 Å². The first-order chi connectivity index (χ1) is 21.9. The zero-order valence-electron chi connectivity index (χ0n) is 26.2. The molecule has 3 unspecified atom stereocenters. The van der Waals surface area contributed by atoms with Crippen LogP contribution in [0.2, 0.25) is 0 Å². The molecule has 6 rings (SSSR count). The van der Waals surface area contributed by atoms with E-state index in [0.29, 0.717) is 50.2 Å². The number of morpholine rings is 2. The number of anilines is 2. The number of hydrogen-bond acceptors (Lipinski definition) is 11. The number of carbonyl (C=O) groups is 1. The number of rotatable bonds is 9. The monoisotopic (exact) mass is 612 g/mol. The van der Waals surface area contributed by atoms with Crippen LogP contribution in [0.1, 0.15) is 31.0 Å². The molecule has 0 spiro atoms. The fourth-order valence-electron chi connectivity index (χ4n) is 6.03. The van der Waals surface area contributed by atoms with Crippen LogP contribution < -0.4 is 19.9 Å². The number of carbonyl (C=O) groups excluding carboxylic acids is 1. The molecule has 2 aromatic heterocycles. The number of methoxy groups -OCH3 is 2. The summed E-state index contributed by atoms with van der Waals surface area (Å²) in [6.45, 7) is 8.77. The summed E-state index contributed by atoms with van der Waals surface area (Å²) in [4.78, 5) is 32.2. The first-order valence-corrected chi connectivity index (χ1v) is 15.4. The number of nitrogens with zero attached hydrogens (tertiary/aromatic N) is 5. The van der Waals surface area contributed by atoms with Gasteiger partial charge in [-0.15, -0.1) is 0 Å². The van der Waals surface area contributed by atoms with Crippen LogP contribution in [0.25, 0.3) is 22.3 Å². The Morgan fingerprint density at radius 2 is 1.71 bits per heavy atom. The van der Waals surface area contributed by atoms with E-state index in [0.717, 1.165) is 46.7 Å². The Balaban J connectivity index is 1.35. The SMILES string of the molecule is COC(=O)C(NCc1cc(-c2ccc3c(N4CCOCC4)nc(N4CC(C)OC(C)C4)nc3n2)ccc1OC)c1ccccc1. The largest absolute Gasteiger partial charge is 0.496 e. The van der Waals surface area contributed by atoms with Crippen molar-refractivity contribution in [2.24, 2.45) is 0 Å². The Hall–Kier alpha value is -4.32. The standard InChI is InChI=1S/C34H40N6O5/c1-22-20-40(21-23(2)45-22)34-37-31-27(32(38-34)39-14-16-44-17-15-39)11-12-28(36-31)25-10-13-29(42-3)26(18-25)19-35-30(33(41)43-4)24-8-6-5-7-9-24/h5-13,18,22-23,30,35H,14-17,19-21H2,1-4H3. The van der Waals surface area contributed by atoms with E-state index in [9.17, 15) is 4.79 Å². The average molecular weight is 613 g/mol. The lowest BCUT2D eigenvalue weighted by atomic mass is 10.0. The molecule has 0 aliphatic carbocycles. The normalized spacial score (nSPS) is 19.4. The second kappa shape index (κ2) is 13.8. The van der Waals surface area contributed by atoms with Crippen molar-refractivity contribution in [1.29, 1.82) is 0 Å². The van der Waals surface area contributed by atoms with Crippen molar-refractivity contribution in [3.8, 4) is 17.0 Å². The number of esters is 1. The summed E-state index contributed by atoms with van der Waals surface area (Å²) in [7, 11) is 3.03. The van der Waals surface area contributed by atoms with Gasteiger partial charge < -0.3 is 28.7 Å². The Morgan fingerprint density at radius 1 is 0.956 bits per heavy atom. The molecule has 0 saturated carbocycles. The van der Waals surface area contributed by atoms with Gasteiger partial charge >= 0.3 is 5.97 Å². The van der Waals surface area contributed by atoms with Crippen molar-refractivity contribution < 1.29 is 23.7 Å². The first kappa shape index (κ1) is 30.7. The fourth-order valence-corrected chi connectivity index (χ4v) is 6.03. The van der Waals surface area contributed by atoms with Gasteiger partial charge in [0.05, 0.1) is 50.7 Å². The predicted octanol–water partition coefficient (Wildman–Crippen LogP) is 4.15. The molecule has 11 heteroatoms. The van der Waals surface area contributed by atoms with Crippen molar-refractivity contribution in [1.82, 2.24) is 20.3 Å². The molecular formula is C34H40N6O5. The van der Waals surface area contributed by atoms with Gasteiger partial charge in [0.25, 0.3) is 0 Å². The van der Waals surface area contributed by atoms with Gasteiger partial charge in [0.1, 0.15) is 17.6 Å². The third-order valence-corrected chi connectivity index (χ3v) is 8.18. The summed E-state index contributed by atoms with van der Waals surface area (Å²) in [6, 6.07) is 18.9. The van der Waals surface area contributed by atoms with Crippen LogP contribution in [0.5, 0.6) is 5.75 Å². The van der Waals surface area contributed by atoms with E-state index >= 15 is 0 Å². The maximum absolute atomic E-state index is 12.7. The summed E-state index contributed by atoms with van der Waals surface area (Å²) in [6.07, 6.45) is 0.150. The maximum atomic E-state index is 12.7. The van der Waals surface area contributed by atoms with E-state index in [2.05, 4.69) is 35.0 Å². The third-order valence-electron chi connectivity index (χ3n) is 8.18. The second-order valence-electron chi connectivity index (χ2n) is 11.5. The average Bonchev–Trinajstić information content (AvgIpc) is 3.07. The minimum Gasteiger partial charge on any atom is -0.496 e. The smallest absolute Gasteiger partial charge is 0.327 e. The van der Waals surface area contributed by atoms with Gasteiger partial charge in [-0.05, 0) is 49.7 Å². The minimum atomic E-state index is -0.622. The van der Waals surface area contributed by atoms with E-state index in [4.69, 9.17) is 33.9 Å². The zero-order valence-corrected chi connectivity index (χ0v) is 26.2. The molecule has 2 aliphatic heterocycles. The molecule has 0 radical (unpaired) electrons. The van der Waals surface area contributed by atoms with Crippen LogP contribution in [0.4, 0.5) is 11.8 Å². The Labute approximate surface area is 263 Å². The number of nitrogens with one attached hydrogen (secondary N) is 1. The van der Waals surface area contributed by atoms with Crippen LogP contribution in [-0.2, 0) is 25.5 Å². The van der Waals surface area contributed by atoms with E-state index < -0.39 is 6.04 Å². The lowest BCUT2D eigenvalue weighted by Crippen LogP contribution is -2.46. The summed E-state index contributed by atoms with van der Waals surface area (Å²) >= 11 is 0. The van der Waals surface area contributed by atoms with E-state index in [1.807, 2.05) is 54.6 Å². The number of fused-ring (bicyclic) bond motifs is 1. The molecule has 2 saturated heterocycles. The Morgan fingerprint density at radius 3 is 2.42 bits per heavy atom. The number of benzene rings is 2. The lowest BCUT2D eigenvalue weighted by Gasteiger charge is -2.36. The van der Waals surface area contributed by atoms with Gasteiger partial charge in [0.2, 0.25) is 5.95 Å². The molecule has 1 N–H and O–H groups in total. The van der Waals surface area contributed by atoms with E-state index in [-0.39, 0.29) is 18.2 Å². The van der Waals surface area contributed by atoms with Crippen LogP contribution in [-0.4, -0.2) is 86.7 Å². The highest BCUT2D eigenvalue weighted by Gasteiger charge is 2.27. The van der Waals surface area contributed by atoms with Gasteiger partial charge in [0, 0.05) is 43.9 Å². The van der Waals surface area contributed by atoms with Crippen molar-refractivity contribution in [2.75, 3.05) is 63.4 Å². The molecule has 236 valence electrons. The maximum Gasteiger partial charge on any atom is 0.327 e. The summed E-state index contributed by atoms with van der Waals surface area (Å²) in [5.41, 5.74) is 4.03. The molecule has 4 heterocycles. The second-order valence-corrected chi connectivity index (χ2v) is 11.5. The van der Waals surface area contributed by atoms with E-state index in [1.54, 1.807) is 7.11 Å². The number of ether oxygens (including phenoxy) is 4. The van der Waals surface area contributed by atoms with Gasteiger partial charge in [-0.2, -0.15) is 9.97 Å². The predicted molar refractivity (Wildman–Crippen MR) is 173 cm³/mol. The van der Waals surface area contributed by atoms with Gasteiger partial charge in [-0.1, -0.05) is 30.3 Å². The van der Waals surface area contributed by atoms with Crippen molar-refractivity contribution >= 4 is 28.8 Å². The highest BCUT2D eigenvalue weighted by atomic mass is 16.5. The molecule has 2 aliphatic rings. The molecule has 2 aromatic carbocycles. The van der Waals surface area contributed by atoms with Crippen LogP contribution in [0, 0.1) is 0 Å². The highest BCUT2D eigenvalue weighted by molar-refractivity contribution is 5.90. The van der Waals surface area contributed by atoms with Crippen LogP contribution >= 0.6 is 0 Å². The van der Waals surface area contributed by atoms with Crippen molar-refractivity contribution in [3.05, 3.63) is 71.8 Å². The van der Waals surface area contributed by atoms with Gasteiger partial charge in [-0.25, -0.2) is 9.78 Å². The quantitative estimate of drug-likeness (QED) is 0.275. The Bertz CT molecular complexity index is 1620. The highest BCUT2D eigenvalue weighted by Crippen LogP contribution is 2.32. The zero-order chi connectivity index (χ0) is 31.3. The minimum absolute atomic E-state index is 0.0752. The van der Waals surface area contributed by atoms with Gasteiger partial charge in [-0.3, -0.25) is 5.32 Å². The molecular weight excluding hydrogens is 572 g/mol. The summed E-state index contributed by atoms with van der Waals surface area (Å²) in [5, 5.41) is 4.25. The van der Waals surface area contributed by atoms with Crippen molar-refractivity contribution in [2.45, 2.75) is 38.6 Å².